The van der Waals surface area contributed by atoms with Crippen LogP contribution >= 0.6 is 11.8 Å². The topological polar surface area (TPSA) is 92.7 Å². The van der Waals surface area contributed by atoms with Gasteiger partial charge in [-0.1, -0.05) is 42.1 Å². The fourth-order valence-electron chi connectivity index (χ4n) is 5.09. The first-order valence-electron chi connectivity index (χ1n) is 11.5. The molecule has 0 amide bonds. The molecule has 7 nitrogen and oxygen atoms in total. The molecule has 176 valence electrons. The van der Waals surface area contributed by atoms with Gasteiger partial charge in [-0.25, -0.2) is 0 Å². The lowest BCUT2D eigenvalue weighted by Gasteiger charge is -2.46. The van der Waals surface area contributed by atoms with E-state index in [0.29, 0.717) is 23.7 Å². The predicted molar refractivity (Wildman–Crippen MR) is 124 cm³/mol. The molecule has 2 N–H and O–H groups in total. The third kappa shape index (κ3) is 5.71. The maximum Gasteiger partial charge on any atom is 0.323 e. The Morgan fingerprint density at radius 2 is 2.00 bits per heavy atom. The molecule has 32 heavy (non-hydrogen) atoms. The number of aliphatic carboxylic acids is 1. The number of ether oxygens (including phenoxy) is 1. The Hall–Kier alpha value is -1.90. The highest BCUT2D eigenvalue weighted by Crippen LogP contribution is 2.37. The summed E-state index contributed by atoms with van der Waals surface area (Å²) in [6.07, 6.45) is 2.53. The lowest BCUT2D eigenvalue weighted by Crippen LogP contribution is -2.67. The molecule has 3 unspecified atom stereocenters. The minimum Gasteiger partial charge on any atom is -0.481 e. The van der Waals surface area contributed by atoms with E-state index in [4.69, 9.17) is 4.74 Å². The lowest BCUT2D eigenvalue weighted by molar-refractivity contribution is -0.932. The van der Waals surface area contributed by atoms with Crippen LogP contribution in [0.5, 0.6) is 0 Å². The number of thioether (sulfide) groups is 1. The van der Waals surface area contributed by atoms with E-state index in [1.807, 2.05) is 30.3 Å². The summed E-state index contributed by atoms with van der Waals surface area (Å²) in [5.41, 5.74) is 1.11. The summed E-state index contributed by atoms with van der Waals surface area (Å²) in [6.45, 7) is 5.46. The van der Waals surface area contributed by atoms with Crippen LogP contribution in [0.15, 0.2) is 30.3 Å². The van der Waals surface area contributed by atoms with E-state index in [2.05, 4.69) is 5.32 Å². The Balaban J connectivity index is 1.75. The number of carbonyl (C=O) groups excluding carboxylic acids is 2. The number of hydrogen-bond donors (Lipinski definition) is 2. The van der Waals surface area contributed by atoms with Crippen molar-refractivity contribution >= 4 is 29.5 Å². The lowest BCUT2D eigenvalue weighted by atomic mass is 9.82. The molecule has 1 spiro atoms. The third-order valence-corrected chi connectivity index (χ3v) is 7.91. The molecular formula is C24H35N2O5S+. The second-order valence-corrected chi connectivity index (χ2v) is 9.93. The van der Waals surface area contributed by atoms with Gasteiger partial charge >= 0.3 is 11.9 Å². The molecule has 8 heteroatoms. The highest BCUT2D eigenvalue weighted by Gasteiger charge is 2.54. The predicted octanol–water partition coefficient (Wildman–Crippen LogP) is 2.48. The first-order chi connectivity index (χ1) is 15.4. The molecule has 2 saturated heterocycles. The number of quaternary nitrogens is 1. The number of carboxylic acids is 1. The zero-order valence-corrected chi connectivity index (χ0v) is 19.8. The van der Waals surface area contributed by atoms with Crippen molar-refractivity contribution in [1.82, 2.24) is 5.32 Å². The fourth-order valence-corrected chi connectivity index (χ4v) is 6.50. The van der Waals surface area contributed by atoms with Gasteiger partial charge in [0.2, 0.25) is 5.78 Å². The first kappa shape index (κ1) is 24.7. The van der Waals surface area contributed by atoms with Crippen molar-refractivity contribution < 1.29 is 28.7 Å². The van der Waals surface area contributed by atoms with Crippen molar-refractivity contribution in [3.05, 3.63) is 35.9 Å². The number of hydrogen-bond acceptors (Lipinski definition) is 6. The number of aryl methyl sites for hydroxylation is 1. The average Bonchev–Trinajstić information content (AvgIpc) is 3.25. The normalized spacial score (nSPS) is 27.1. The monoisotopic (exact) mass is 463 g/mol. The molecule has 2 aliphatic rings. The summed E-state index contributed by atoms with van der Waals surface area (Å²) < 4.78 is 5.81. The zero-order chi connectivity index (χ0) is 23.1. The molecule has 2 aliphatic heterocycles. The number of nitrogens with zero attached hydrogens (tertiary/aromatic N) is 1. The summed E-state index contributed by atoms with van der Waals surface area (Å²) in [4.78, 5) is 38.3. The minimum absolute atomic E-state index is 0.103. The standard InChI is InChI=1S/C24H34N2O5S/c1-3-31-24(30)20(12-11-18-8-5-4-6-9-18)25-17(2)22(27)21-19(23(28)29)10-7-13-26(21)14-15-32-16-26/h4-6,8-9,17,19-21,25H,3,7,10-16H2,1-2H3/p+1/t17?,19-,20-,21?,26?/m0/s1. The number of rotatable bonds is 10. The van der Waals surface area contributed by atoms with Crippen molar-refractivity contribution in [1.29, 1.82) is 0 Å². The van der Waals surface area contributed by atoms with Crippen LogP contribution in [0.3, 0.4) is 0 Å². The van der Waals surface area contributed by atoms with Crippen LogP contribution in [0, 0.1) is 5.92 Å². The summed E-state index contributed by atoms with van der Waals surface area (Å²) >= 11 is 1.79. The van der Waals surface area contributed by atoms with Crippen LogP contribution in [0.1, 0.15) is 38.7 Å². The number of nitrogens with one attached hydrogen (secondary N) is 1. The van der Waals surface area contributed by atoms with Crippen LogP contribution in [-0.2, 0) is 25.5 Å². The average molecular weight is 464 g/mol. The third-order valence-electron chi connectivity index (χ3n) is 6.74. The maximum atomic E-state index is 13.7. The quantitative estimate of drug-likeness (QED) is 0.407. The molecule has 0 aliphatic carbocycles. The largest absolute Gasteiger partial charge is 0.481 e. The molecule has 2 fully saturated rings. The number of ketones is 1. The minimum atomic E-state index is -0.893. The van der Waals surface area contributed by atoms with Crippen LogP contribution in [-0.4, -0.2) is 76.8 Å². The molecule has 0 radical (unpaired) electrons. The van der Waals surface area contributed by atoms with Crippen LogP contribution < -0.4 is 5.32 Å². The molecule has 1 aromatic rings. The van der Waals surface area contributed by atoms with E-state index >= 15 is 0 Å². The molecule has 0 saturated carbocycles. The van der Waals surface area contributed by atoms with Crippen LogP contribution in [0.4, 0.5) is 0 Å². The van der Waals surface area contributed by atoms with E-state index < -0.39 is 30.0 Å². The van der Waals surface area contributed by atoms with Crippen LogP contribution in [0.25, 0.3) is 0 Å². The highest BCUT2D eigenvalue weighted by atomic mass is 32.2. The molecule has 1 aromatic carbocycles. The molecular weight excluding hydrogens is 428 g/mol. The number of Topliss-reactive ketones (excluding diaryl/α,β-unsaturated/α-hetero) is 1. The Bertz CT molecular complexity index is 797. The Labute approximate surface area is 194 Å². The smallest absolute Gasteiger partial charge is 0.323 e. The van der Waals surface area contributed by atoms with Crippen LogP contribution in [0.2, 0.25) is 0 Å². The summed E-state index contributed by atoms with van der Waals surface area (Å²) in [6, 6.07) is 8.05. The SMILES string of the molecule is CCOC(=O)[C@H](CCc1ccccc1)NC(C)C(=O)C1[C@@H](C(=O)O)CCC[N+]12CCSC2. The van der Waals surface area contributed by atoms with Crippen molar-refractivity contribution in [2.75, 3.05) is 31.3 Å². The van der Waals surface area contributed by atoms with Gasteiger partial charge in [0, 0.05) is 5.75 Å². The van der Waals surface area contributed by atoms with Crippen molar-refractivity contribution in [3.63, 3.8) is 0 Å². The van der Waals surface area contributed by atoms with Gasteiger partial charge in [0.1, 0.15) is 17.8 Å². The Morgan fingerprint density at radius 3 is 2.62 bits per heavy atom. The van der Waals surface area contributed by atoms with E-state index in [0.717, 1.165) is 36.7 Å². The summed E-state index contributed by atoms with van der Waals surface area (Å²) in [5, 5.41) is 13.1. The van der Waals surface area contributed by atoms with E-state index in [1.165, 1.54) is 0 Å². The van der Waals surface area contributed by atoms with Crippen molar-refractivity contribution in [2.24, 2.45) is 5.92 Å². The molecule has 0 bridgehead atoms. The molecule has 2 heterocycles. The van der Waals surface area contributed by atoms with Gasteiger partial charge in [0.05, 0.1) is 25.7 Å². The van der Waals surface area contributed by atoms with Gasteiger partial charge in [-0.2, -0.15) is 0 Å². The van der Waals surface area contributed by atoms with Gasteiger partial charge in [-0.15, -0.1) is 0 Å². The van der Waals surface area contributed by atoms with Gasteiger partial charge < -0.3 is 14.3 Å². The van der Waals surface area contributed by atoms with Crippen molar-refractivity contribution in [3.8, 4) is 0 Å². The number of carbonyl (C=O) groups is 3. The molecule has 5 atom stereocenters. The molecule has 0 aromatic heterocycles. The number of carboxylic acid groups (broad SMARTS) is 1. The maximum absolute atomic E-state index is 13.7. The highest BCUT2D eigenvalue weighted by molar-refractivity contribution is 7.99. The summed E-state index contributed by atoms with van der Waals surface area (Å²) in [7, 11) is 0. The van der Waals surface area contributed by atoms with Gasteiger partial charge in [-0.05, 0) is 45.1 Å². The van der Waals surface area contributed by atoms with Crippen molar-refractivity contribution in [2.45, 2.75) is 57.7 Å². The summed E-state index contributed by atoms with van der Waals surface area (Å²) in [5.74, 6) is -0.321. The second kappa shape index (κ2) is 11.3. The fraction of sp³-hybridized carbons (Fsp3) is 0.625. The number of piperidine rings is 1. The Kier molecular flexibility index (Phi) is 8.73. The van der Waals surface area contributed by atoms with Gasteiger partial charge in [0.25, 0.3) is 0 Å². The number of benzene rings is 1. The van der Waals surface area contributed by atoms with E-state index in [-0.39, 0.29) is 18.4 Å². The van der Waals surface area contributed by atoms with Gasteiger partial charge in [-0.3, -0.25) is 19.7 Å². The van der Waals surface area contributed by atoms with Gasteiger partial charge in [0.15, 0.2) is 6.04 Å². The molecule has 3 rings (SSSR count). The van der Waals surface area contributed by atoms with E-state index in [9.17, 15) is 19.5 Å². The van der Waals surface area contributed by atoms with E-state index in [1.54, 1.807) is 25.6 Å². The Morgan fingerprint density at radius 1 is 1.25 bits per heavy atom. The first-order valence-corrected chi connectivity index (χ1v) is 12.7. The zero-order valence-electron chi connectivity index (χ0n) is 19.0. The second-order valence-electron chi connectivity index (χ2n) is 8.85. The number of esters is 1.